The fourth-order valence-corrected chi connectivity index (χ4v) is 5.31. The van der Waals surface area contributed by atoms with Crippen molar-refractivity contribution < 1.29 is 27.5 Å². The highest BCUT2D eigenvalue weighted by Crippen LogP contribution is 2.36. The second-order valence-electron chi connectivity index (χ2n) is 8.62. The molecule has 39 heavy (non-hydrogen) atoms. The van der Waals surface area contributed by atoms with E-state index in [0.29, 0.717) is 38.3 Å². The van der Waals surface area contributed by atoms with Crippen LogP contribution in [0.5, 0.6) is 5.75 Å². The molecule has 0 saturated heterocycles. The van der Waals surface area contributed by atoms with E-state index >= 15 is 0 Å². The Bertz CT molecular complexity index is 1590. The van der Waals surface area contributed by atoms with E-state index in [1.165, 1.54) is 24.4 Å². The van der Waals surface area contributed by atoms with Gasteiger partial charge in [-0.1, -0.05) is 29.0 Å². The first-order valence-electron chi connectivity index (χ1n) is 11.5. The molecular formula is C26H19ClF3N5O3S. The van der Waals surface area contributed by atoms with Crippen molar-refractivity contribution in [1.29, 1.82) is 0 Å². The number of amides is 2. The number of pyridine rings is 2. The summed E-state index contributed by atoms with van der Waals surface area (Å²) in [6.07, 6.45) is 0.0757. The number of methoxy groups -OCH3 is 1. The maximum atomic E-state index is 14.2. The highest BCUT2D eigenvalue weighted by atomic mass is 35.5. The van der Waals surface area contributed by atoms with Crippen LogP contribution in [0, 0.1) is 12.7 Å². The van der Waals surface area contributed by atoms with Gasteiger partial charge < -0.3 is 9.64 Å². The predicted molar refractivity (Wildman–Crippen MR) is 139 cm³/mol. The number of fused-ring (bicyclic) bond motifs is 1. The molecule has 1 aliphatic heterocycles. The molecule has 200 valence electrons. The lowest BCUT2D eigenvalue weighted by atomic mass is 10.0. The molecule has 4 aromatic rings. The molecule has 0 saturated carbocycles. The molecule has 0 bridgehead atoms. The number of carbonyl (C=O) groups excluding carboxylic acids is 2. The molecule has 13 heteroatoms. The van der Waals surface area contributed by atoms with Gasteiger partial charge in [0.25, 0.3) is 18.2 Å². The molecule has 5 rings (SSSR count). The summed E-state index contributed by atoms with van der Waals surface area (Å²) in [5.41, 5.74) is 1.69. The number of nitrogens with one attached hydrogen (secondary N) is 1. The van der Waals surface area contributed by atoms with E-state index in [9.17, 15) is 22.8 Å². The highest BCUT2D eigenvalue weighted by Gasteiger charge is 2.30. The average Bonchev–Trinajstić information content (AvgIpc) is 3.47. The van der Waals surface area contributed by atoms with E-state index in [-0.39, 0.29) is 23.8 Å². The largest absolute Gasteiger partial charge is 0.494 e. The number of anilines is 1. The summed E-state index contributed by atoms with van der Waals surface area (Å²) in [6, 6.07) is 6.00. The molecule has 0 atom stereocenters. The zero-order valence-electron chi connectivity index (χ0n) is 20.5. The molecule has 0 unspecified atom stereocenters. The van der Waals surface area contributed by atoms with Crippen LogP contribution in [-0.4, -0.2) is 38.8 Å². The molecule has 0 spiro atoms. The lowest BCUT2D eigenvalue weighted by Crippen LogP contribution is -2.26. The molecule has 3 aromatic heterocycles. The predicted octanol–water partition coefficient (Wildman–Crippen LogP) is 6.06. The first-order valence-corrected chi connectivity index (χ1v) is 12.7. The highest BCUT2D eigenvalue weighted by molar-refractivity contribution is 7.16. The minimum Gasteiger partial charge on any atom is -0.494 e. The number of hydrogen-bond donors (Lipinski definition) is 1. The maximum absolute atomic E-state index is 14.2. The van der Waals surface area contributed by atoms with Crippen LogP contribution in [0.15, 0.2) is 42.7 Å². The average molecular weight is 574 g/mol. The van der Waals surface area contributed by atoms with E-state index < -0.39 is 35.2 Å². The van der Waals surface area contributed by atoms with Crippen LogP contribution in [0.25, 0.3) is 11.1 Å². The topological polar surface area (TPSA) is 97.3 Å². The van der Waals surface area contributed by atoms with Crippen LogP contribution >= 0.6 is 22.9 Å². The lowest BCUT2D eigenvalue weighted by molar-refractivity contribution is 0.0745. The van der Waals surface area contributed by atoms with Crippen LogP contribution in [0.2, 0.25) is 5.15 Å². The normalized spacial score (nSPS) is 12.5. The maximum Gasteiger partial charge on any atom is 0.263 e. The molecule has 8 nitrogen and oxygen atoms in total. The number of nitrogens with zero attached hydrogens (tertiary/aromatic N) is 4. The summed E-state index contributed by atoms with van der Waals surface area (Å²) in [4.78, 5) is 40.8. The second-order valence-corrected chi connectivity index (χ2v) is 10.1. The van der Waals surface area contributed by atoms with Crippen molar-refractivity contribution in [1.82, 2.24) is 19.9 Å². The third-order valence-corrected chi connectivity index (χ3v) is 7.27. The van der Waals surface area contributed by atoms with Crippen LogP contribution < -0.4 is 10.1 Å². The van der Waals surface area contributed by atoms with Crippen molar-refractivity contribution in [2.45, 2.75) is 26.4 Å². The molecule has 1 N–H and O–H groups in total. The number of carbonyl (C=O) groups is 2. The number of aromatic nitrogens is 3. The molecule has 2 amide bonds. The van der Waals surface area contributed by atoms with Crippen molar-refractivity contribution in [3.8, 4) is 16.9 Å². The monoisotopic (exact) mass is 573 g/mol. The molecule has 0 aliphatic carbocycles. The number of halogens is 4. The van der Waals surface area contributed by atoms with E-state index in [1.54, 1.807) is 19.1 Å². The van der Waals surface area contributed by atoms with Crippen LogP contribution in [0.3, 0.4) is 0 Å². The van der Waals surface area contributed by atoms with E-state index in [2.05, 4.69) is 20.3 Å². The first kappa shape index (κ1) is 26.6. The fourth-order valence-electron chi connectivity index (χ4n) is 4.17. The fraction of sp³-hybridized carbons (Fsp3) is 0.192. The molecule has 0 fully saturated rings. The zero-order valence-corrected chi connectivity index (χ0v) is 22.0. The Morgan fingerprint density at radius 1 is 1.10 bits per heavy atom. The van der Waals surface area contributed by atoms with Crippen molar-refractivity contribution in [3.05, 3.63) is 86.7 Å². The van der Waals surface area contributed by atoms with Crippen LogP contribution in [0.4, 0.5) is 18.3 Å². The summed E-state index contributed by atoms with van der Waals surface area (Å²) in [6.45, 7) is 1.93. The van der Waals surface area contributed by atoms with Crippen molar-refractivity contribution in [2.24, 2.45) is 0 Å². The Morgan fingerprint density at radius 3 is 2.62 bits per heavy atom. The third-order valence-electron chi connectivity index (χ3n) is 6.06. The van der Waals surface area contributed by atoms with Crippen molar-refractivity contribution in [3.63, 3.8) is 0 Å². The summed E-state index contributed by atoms with van der Waals surface area (Å²) < 4.78 is 45.7. The Morgan fingerprint density at radius 2 is 1.90 bits per heavy atom. The molecular weight excluding hydrogens is 555 g/mol. The summed E-state index contributed by atoms with van der Waals surface area (Å²) in [7, 11) is 1.48. The molecule has 1 aliphatic rings. The van der Waals surface area contributed by atoms with Crippen molar-refractivity contribution in [2.75, 3.05) is 12.4 Å². The number of aryl methyl sites for hydroxylation is 1. The Hall–Kier alpha value is -4.03. The van der Waals surface area contributed by atoms with Gasteiger partial charge in [-0.05, 0) is 31.2 Å². The quantitative estimate of drug-likeness (QED) is 0.282. The smallest absolute Gasteiger partial charge is 0.263 e. The van der Waals surface area contributed by atoms with Gasteiger partial charge in [-0.25, -0.2) is 23.1 Å². The first-order chi connectivity index (χ1) is 18.6. The van der Waals surface area contributed by atoms with Crippen LogP contribution in [-0.2, 0) is 13.1 Å². The van der Waals surface area contributed by atoms with Crippen molar-refractivity contribution >= 4 is 39.9 Å². The Balaban J connectivity index is 1.35. The third kappa shape index (κ3) is 5.30. The molecule has 1 aromatic carbocycles. The number of ether oxygens (including phenoxy) is 1. The number of hydrogen-bond acceptors (Lipinski definition) is 7. The van der Waals surface area contributed by atoms with Gasteiger partial charge in [0.2, 0.25) is 0 Å². The SMILES string of the molecule is COc1cnc(Cl)cc1-c1cc(C)ncc1C(=O)Nc1nc2c(s1)CN(C(=O)c1cc(C(F)F)ccc1F)C2. The zero-order chi connectivity index (χ0) is 27.8. The van der Waals surface area contributed by atoms with Crippen LogP contribution in [0.1, 0.15) is 49.0 Å². The van der Waals surface area contributed by atoms with Gasteiger partial charge in [0.05, 0.1) is 48.1 Å². The second kappa shape index (κ2) is 10.6. The van der Waals surface area contributed by atoms with Gasteiger partial charge >= 0.3 is 0 Å². The minimum atomic E-state index is -2.83. The molecule has 0 radical (unpaired) electrons. The number of rotatable bonds is 6. The number of alkyl halides is 2. The van der Waals surface area contributed by atoms with Gasteiger partial charge in [0.15, 0.2) is 5.13 Å². The molecule has 4 heterocycles. The van der Waals surface area contributed by atoms with Gasteiger partial charge in [0, 0.05) is 28.6 Å². The Kier molecular flexibility index (Phi) is 7.23. The minimum absolute atomic E-state index is 0.0446. The van der Waals surface area contributed by atoms with Gasteiger partial charge in [0.1, 0.15) is 16.7 Å². The summed E-state index contributed by atoms with van der Waals surface area (Å²) in [5, 5.41) is 3.29. The van der Waals surface area contributed by atoms with E-state index in [1.807, 2.05) is 0 Å². The van der Waals surface area contributed by atoms with E-state index in [0.717, 1.165) is 29.5 Å². The van der Waals surface area contributed by atoms with Gasteiger partial charge in [-0.15, -0.1) is 0 Å². The van der Waals surface area contributed by atoms with E-state index in [4.69, 9.17) is 16.3 Å². The summed E-state index contributed by atoms with van der Waals surface area (Å²) >= 11 is 7.26. The summed E-state index contributed by atoms with van der Waals surface area (Å²) in [5.74, 6) is -1.65. The Labute approximate surface area is 229 Å². The lowest BCUT2D eigenvalue weighted by Gasteiger charge is -2.16. The van der Waals surface area contributed by atoms with Gasteiger partial charge in [-0.2, -0.15) is 0 Å². The standard InChI is InChI=1S/C26H19ClF3N5O3S/c1-12-5-14(15-7-22(27)32-9-20(15)38-2)17(8-31-12)24(36)34-26-33-19-10-35(11-21(19)39-26)25(37)16-6-13(23(29)30)3-4-18(16)28/h3-9,23H,10-11H2,1-2H3,(H,33,34,36). The number of thiazole rings is 1. The number of benzene rings is 1. The van der Waals surface area contributed by atoms with Gasteiger partial charge in [-0.3, -0.25) is 19.9 Å².